The lowest BCUT2D eigenvalue weighted by atomic mass is 10.1. The lowest BCUT2D eigenvalue weighted by Crippen LogP contribution is -2.34. The second kappa shape index (κ2) is 6.27. The Labute approximate surface area is 121 Å². The topological polar surface area (TPSA) is 41.6 Å². The smallest absolute Gasteiger partial charge is 0.241 e. The van der Waals surface area contributed by atoms with E-state index in [1.165, 1.54) is 0 Å². The van der Waals surface area contributed by atoms with Gasteiger partial charge in [0.25, 0.3) is 0 Å². The number of carbonyl (C=O) groups excluding carboxylic acids is 1. The van der Waals surface area contributed by atoms with Crippen LogP contribution in [0.4, 0.5) is 0 Å². The van der Waals surface area contributed by atoms with E-state index in [1.807, 2.05) is 29.2 Å². The Hall–Kier alpha value is -1.55. The first-order valence-corrected chi connectivity index (χ1v) is 7.29. The Morgan fingerprint density at radius 1 is 1.30 bits per heavy atom. The molecule has 4 nitrogen and oxygen atoms in total. The molecule has 1 N–H and O–H groups in total. The van der Waals surface area contributed by atoms with Gasteiger partial charge in [-0.25, -0.2) is 0 Å². The molecule has 0 aliphatic carbocycles. The standard InChI is InChI=1S/C16H24N2O2/c1-5-10-18-15(17-14(11(2)3)16(18)19)12-6-8-13(20-4)9-7-12/h6-9,11,14-15,17H,5,10H2,1-4H3. The van der Waals surface area contributed by atoms with E-state index in [0.717, 1.165) is 24.3 Å². The van der Waals surface area contributed by atoms with Gasteiger partial charge in [-0.3, -0.25) is 10.1 Å². The highest BCUT2D eigenvalue weighted by atomic mass is 16.5. The van der Waals surface area contributed by atoms with Crippen molar-refractivity contribution in [1.82, 2.24) is 10.2 Å². The zero-order valence-electron chi connectivity index (χ0n) is 12.7. The van der Waals surface area contributed by atoms with Crippen molar-refractivity contribution in [1.29, 1.82) is 0 Å². The van der Waals surface area contributed by atoms with Crippen molar-refractivity contribution >= 4 is 5.91 Å². The number of carbonyl (C=O) groups is 1. The fourth-order valence-electron chi connectivity index (χ4n) is 2.66. The van der Waals surface area contributed by atoms with Crippen LogP contribution < -0.4 is 10.1 Å². The molecule has 0 aromatic heterocycles. The summed E-state index contributed by atoms with van der Waals surface area (Å²) in [4.78, 5) is 14.4. The van der Waals surface area contributed by atoms with Gasteiger partial charge in [0.15, 0.2) is 0 Å². The quantitative estimate of drug-likeness (QED) is 0.898. The predicted molar refractivity (Wildman–Crippen MR) is 79.5 cm³/mol. The molecule has 0 bridgehead atoms. The summed E-state index contributed by atoms with van der Waals surface area (Å²) in [5.74, 6) is 1.34. The van der Waals surface area contributed by atoms with E-state index < -0.39 is 0 Å². The maximum atomic E-state index is 12.5. The zero-order chi connectivity index (χ0) is 14.7. The van der Waals surface area contributed by atoms with Crippen LogP contribution in [0.1, 0.15) is 38.9 Å². The summed E-state index contributed by atoms with van der Waals surface area (Å²) in [6.07, 6.45) is 0.936. The summed E-state index contributed by atoms with van der Waals surface area (Å²) < 4.78 is 5.19. The summed E-state index contributed by atoms with van der Waals surface area (Å²) in [5.41, 5.74) is 1.11. The van der Waals surface area contributed by atoms with E-state index in [9.17, 15) is 4.79 Å². The number of hydrogen-bond acceptors (Lipinski definition) is 3. The van der Waals surface area contributed by atoms with Gasteiger partial charge in [-0.1, -0.05) is 32.9 Å². The summed E-state index contributed by atoms with van der Waals surface area (Å²) >= 11 is 0. The largest absolute Gasteiger partial charge is 0.497 e. The predicted octanol–water partition coefficient (Wildman–Crippen LogP) is 2.56. The molecule has 1 aromatic rings. The van der Waals surface area contributed by atoms with Crippen LogP contribution in [0.3, 0.4) is 0 Å². The molecule has 110 valence electrons. The molecule has 2 unspecified atom stereocenters. The highest BCUT2D eigenvalue weighted by Gasteiger charge is 2.40. The molecule has 20 heavy (non-hydrogen) atoms. The van der Waals surface area contributed by atoms with Gasteiger partial charge < -0.3 is 9.64 Å². The molecular formula is C16H24N2O2. The second-order valence-electron chi connectivity index (χ2n) is 5.60. The Bertz CT molecular complexity index is 456. The third kappa shape index (κ3) is 2.80. The number of methoxy groups -OCH3 is 1. The first kappa shape index (κ1) is 14.9. The summed E-state index contributed by atoms with van der Waals surface area (Å²) in [5, 5.41) is 3.46. The zero-order valence-corrected chi connectivity index (χ0v) is 12.7. The van der Waals surface area contributed by atoms with Crippen LogP contribution in [0.25, 0.3) is 0 Å². The van der Waals surface area contributed by atoms with Crippen molar-refractivity contribution in [2.45, 2.75) is 39.4 Å². The van der Waals surface area contributed by atoms with Crippen molar-refractivity contribution < 1.29 is 9.53 Å². The van der Waals surface area contributed by atoms with Gasteiger partial charge in [0.2, 0.25) is 5.91 Å². The van der Waals surface area contributed by atoms with Gasteiger partial charge >= 0.3 is 0 Å². The van der Waals surface area contributed by atoms with Crippen LogP contribution in [0.2, 0.25) is 0 Å². The number of rotatable bonds is 5. The Morgan fingerprint density at radius 2 is 1.95 bits per heavy atom. The van der Waals surface area contributed by atoms with E-state index in [1.54, 1.807) is 7.11 Å². The third-order valence-corrected chi connectivity index (χ3v) is 3.76. The Kier molecular flexibility index (Phi) is 4.65. The monoisotopic (exact) mass is 276 g/mol. The molecule has 4 heteroatoms. The Morgan fingerprint density at radius 3 is 2.45 bits per heavy atom. The summed E-state index contributed by atoms with van der Waals surface area (Å²) in [6, 6.07) is 7.83. The maximum absolute atomic E-state index is 12.5. The van der Waals surface area contributed by atoms with Crippen molar-refractivity contribution in [3.8, 4) is 5.75 Å². The van der Waals surface area contributed by atoms with Crippen LogP contribution in [-0.2, 0) is 4.79 Å². The summed E-state index contributed by atoms with van der Waals surface area (Å²) in [7, 11) is 1.66. The molecule has 1 aromatic carbocycles. The van der Waals surface area contributed by atoms with Crippen molar-refractivity contribution in [3.05, 3.63) is 29.8 Å². The van der Waals surface area contributed by atoms with Crippen LogP contribution in [-0.4, -0.2) is 30.5 Å². The fourth-order valence-corrected chi connectivity index (χ4v) is 2.66. The van der Waals surface area contributed by atoms with Crippen LogP contribution in [0.5, 0.6) is 5.75 Å². The van der Waals surface area contributed by atoms with Crippen LogP contribution in [0, 0.1) is 5.92 Å². The van der Waals surface area contributed by atoms with Gasteiger partial charge in [-0.2, -0.15) is 0 Å². The average molecular weight is 276 g/mol. The Balaban J connectivity index is 2.25. The fraction of sp³-hybridized carbons (Fsp3) is 0.562. The minimum absolute atomic E-state index is 0.0271. The van der Waals surface area contributed by atoms with Gasteiger partial charge in [-0.05, 0) is 30.0 Å². The molecule has 0 spiro atoms. The molecular weight excluding hydrogens is 252 g/mol. The van der Waals surface area contributed by atoms with Gasteiger partial charge in [0, 0.05) is 6.54 Å². The number of ether oxygens (including phenoxy) is 1. The molecule has 1 aliphatic heterocycles. The number of nitrogens with one attached hydrogen (secondary N) is 1. The van der Waals surface area contributed by atoms with Gasteiger partial charge in [-0.15, -0.1) is 0 Å². The number of benzene rings is 1. The number of hydrogen-bond donors (Lipinski definition) is 1. The van der Waals surface area contributed by atoms with E-state index in [2.05, 4.69) is 26.1 Å². The number of amides is 1. The lowest BCUT2D eigenvalue weighted by molar-refractivity contribution is -0.130. The molecule has 0 saturated carbocycles. The van der Waals surface area contributed by atoms with Gasteiger partial charge in [0.05, 0.1) is 13.2 Å². The molecule has 1 heterocycles. The molecule has 1 aliphatic rings. The second-order valence-corrected chi connectivity index (χ2v) is 5.60. The van der Waals surface area contributed by atoms with Crippen LogP contribution in [0.15, 0.2) is 24.3 Å². The van der Waals surface area contributed by atoms with E-state index in [4.69, 9.17) is 4.74 Å². The average Bonchev–Trinajstić information content (AvgIpc) is 2.77. The third-order valence-electron chi connectivity index (χ3n) is 3.76. The van der Waals surface area contributed by atoms with E-state index in [0.29, 0.717) is 5.92 Å². The van der Waals surface area contributed by atoms with E-state index in [-0.39, 0.29) is 18.1 Å². The molecule has 1 fully saturated rings. The minimum atomic E-state index is -0.0892. The van der Waals surface area contributed by atoms with Crippen molar-refractivity contribution in [2.24, 2.45) is 5.92 Å². The SMILES string of the molecule is CCCN1C(=O)C(C(C)C)NC1c1ccc(OC)cc1. The van der Waals surface area contributed by atoms with Gasteiger partial charge in [0.1, 0.15) is 11.9 Å². The maximum Gasteiger partial charge on any atom is 0.241 e. The molecule has 1 amide bonds. The molecule has 0 radical (unpaired) electrons. The minimum Gasteiger partial charge on any atom is -0.497 e. The van der Waals surface area contributed by atoms with Crippen LogP contribution >= 0.6 is 0 Å². The molecule has 1 saturated heterocycles. The van der Waals surface area contributed by atoms with Crippen molar-refractivity contribution in [2.75, 3.05) is 13.7 Å². The molecule has 2 atom stereocenters. The highest BCUT2D eigenvalue weighted by Crippen LogP contribution is 2.29. The first-order valence-electron chi connectivity index (χ1n) is 7.29. The molecule has 2 rings (SSSR count). The summed E-state index contributed by atoms with van der Waals surface area (Å²) in [6.45, 7) is 7.04. The normalized spacial score (nSPS) is 22.6. The highest BCUT2D eigenvalue weighted by molar-refractivity contribution is 5.84. The van der Waals surface area contributed by atoms with E-state index >= 15 is 0 Å². The lowest BCUT2D eigenvalue weighted by Gasteiger charge is -2.24. The van der Waals surface area contributed by atoms with Crippen molar-refractivity contribution in [3.63, 3.8) is 0 Å². The first-order chi connectivity index (χ1) is 9.58. The number of nitrogens with zero attached hydrogens (tertiary/aromatic N) is 1.